The first kappa shape index (κ1) is 5.75. The molecule has 0 aliphatic carbocycles. The van der Waals surface area contributed by atoms with Crippen LogP contribution in [0.1, 0.15) is 0 Å². The van der Waals surface area contributed by atoms with Crippen molar-refractivity contribution >= 4 is 18.8 Å². The smallest absolute Gasteiger partial charge is 0.320 e. The summed E-state index contributed by atoms with van der Waals surface area (Å²) < 4.78 is 1.28. The molecule has 3 nitrogen and oxygen atoms in total. The Morgan fingerprint density at radius 3 is 2.38 bits per heavy atom. The second kappa shape index (κ2) is 1.85. The lowest BCUT2D eigenvalue weighted by Gasteiger charge is -2.07. The number of nitrogens with zero attached hydrogens (tertiary/aromatic N) is 2. The van der Waals surface area contributed by atoms with Crippen LogP contribution in [0.25, 0.3) is 0 Å². The zero-order valence-corrected chi connectivity index (χ0v) is 5.56. The average Bonchev–Trinajstić information content (AvgIpc) is 2.43. The highest BCUT2D eigenvalue weighted by Crippen LogP contribution is 2.07. The van der Waals surface area contributed by atoms with Gasteiger partial charge in [0.15, 0.2) is 0 Å². The maximum Gasteiger partial charge on any atom is 0.329 e. The maximum absolute atomic E-state index is 10.7. The monoisotopic (exact) mass is 132 g/mol. The molecule has 0 aromatic rings. The number of thiol groups is 1. The van der Waals surface area contributed by atoms with Crippen molar-refractivity contribution in [2.45, 2.75) is 0 Å². The molecule has 1 heterocycles. The fourth-order valence-electron chi connectivity index (χ4n) is 0.446. The molecule has 8 heavy (non-hydrogen) atoms. The van der Waals surface area contributed by atoms with Gasteiger partial charge in [-0.25, -0.2) is 4.79 Å². The predicted molar refractivity (Wildman–Crippen MR) is 33.7 cm³/mol. The minimum Gasteiger partial charge on any atom is -0.320 e. The quantitative estimate of drug-likeness (QED) is 0.369. The van der Waals surface area contributed by atoms with E-state index in [-0.39, 0.29) is 6.03 Å². The normalized spacial score (nSPS) is 16.0. The summed E-state index contributed by atoms with van der Waals surface area (Å²) in [5.74, 6) is 0. The second-order valence-electron chi connectivity index (χ2n) is 1.79. The van der Waals surface area contributed by atoms with Gasteiger partial charge in [0.2, 0.25) is 0 Å². The van der Waals surface area contributed by atoms with Crippen LogP contribution in [0, 0.1) is 0 Å². The van der Waals surface area contributed by atoms with E-state index in [2.05, 4.69) is 12.8 Å². The molecular formula is C4H8N2OS. The standard InChI is InChI=1S/C4H8N2OS/c1-5(8)4(7)6-2-3-6/h8H,2-3H2,1H3. The van der Waals surface area contributed by atoms with Gasteiger partial charge in [-0.05, 0) is 0 Å². The van der Waals surface area contributed by atoms with Crippen molar-refractivity contribution in [1.82, 2.24) is 9.21 Å². The fraction of sp³-hybridized carbons (Fsp3) is 0.750. The molecule has 4 heteroatoms. The third-order valence-corrected chi connectivity index (χ3v) is 1.17. The summed E-state index contributed by atoms with van der Waals surface area (Å²) in [5, 5.41) is 0. The van der Waals surface area contributed by atoms with Crippen LogP contribution in [0.15, 0.2) is 0 Å². The Morgan fingerprint density at radius 1 is 1.75 bits per heavy atom. The van der Waals surface area contributed by atoms with Gasteiger partial charge in [-0.2, -0.15) is 0 Å². The second-order valence-corrected chi connectivity index (χ2v) is 2.39. The molecule has 1 fully saturated rings. The number of urea groups is 1. The summed E-state index contributed by atoms with van der Waals surface area (Å²) in [4.78, 5) is 12.4. The minimum absolute atomic E-state index is 0.00617. The van der Waals surface area contributed by atoms with E-state index in [9.17, 15) is 4.79 Å². The highest BCUT2D eigenvalue weighted by Gasteiger charge is 2.25. The molecule has 1 saturated heterocycles. The summed E-state index contributed by atoms with van der Waals surface area (Å²) >= 11 is 3.81. The van der Waals surface area contributed by atoms with E-state index < -0.39 is 0 Å². The predicted octanol–water partition coefficient (Wildman–Crippen LogP) is 0.199. The van der Waals surface area contributed by atoms with Crippen LogP contribution in [0.5, 0.6) is 0 Å². The van der Waals surface area contributed by atoms with Gasteiger partial charge in [0.1, 0.15) is 0 Å². The van der Waals surface area contributed by atoms with Crippen molar-refractivity contribution in [1.29, 1.82) is 0 Å². The van der Waals surface area contributed by atoms with Crippen LogP contribution in [-0.4, -0.2) is 35.4 Å². The molecule has 46 valence electrons. The van der Waals surface area contributed by atoms with E-state index in [4.69, 9.17) is 0 Å². The van der Waals surface area contributed by atoms with Crippen molar-refractivity contribution in [3.8, 4) is 0 Å². The van der Waals surface area contributed by atoms with Crippen LogP contribution in [-0.2, 0) is 0 Å². The van der Waals surface area contributed by atoms with Gasteiger partial charge in [-0.3, -0.25) is 4.31 Å². The number of carbonyl (C=O) groups excluding carboxylic acids is 1. The van der Waals surface area contributed by atoms with E-state index in [1.807, 2.05) is 0 Å². The third-order valence-electron chi connectivity index (χ3n) is 0.995. The summed E-state index contributed by atoms with van der Waals surface area (Å²) in [5.41, 5.74) is 0. The molecule has 0 unspecified atom stereocenters. The molecule has 0 radical (unpaired) electrons. The van der Waals surface area contributed by atoms with Crippen molar-refractivity contribution in [2.24, 2.45) is 0 Å². The minimum atomic E-state index is -0.00617. The lowest BCUT2D eigenvalue weighted by atomic mass is 11.0. The Labute approximate surface area is 53.8 Å². The van der Waals surface area contributed by atoms with E-state index in [0.29, 0.717) is 0 Å². The number of amides is 2. The molecule has 0 spiro atoms. The first-order chi connectivity index (χ1) is 3.72. The van der Waals surface area contributed by atoms with Crippen molar-refractivity contribution in [3.63, 3.8) is 0 Å². The third kappa shape index (κ3) is 1.06. The van der Waals surface area contributed by atoms with Crippen molar-refractivity contribution in [3.05, 3.63) is 0 Å². The number of carbonyl (C=O) groups is 1. The van der Waals surface area contributed by atoms with Crippen LogP contribution in [0.3, 0.4) is 0 Å². The molecule has 0 aromatic heterocycles. The molecule has 0 aromatic carbocycles. The SMILES string of the molecule is CN(S)C(=O)N1CC1. The Morgan fingerprint density at radius 2 is 2.25 bits per heavy atom. The van der Waals surface area contributed by atoms with E-state index in [1.54, 1.807) is 11.9 Å². The zero-order valence-electron chi connectivity index (χ0n) is 4.66. The first-order valence-corrected chi connectivity index (χ1v) is 2.83. The molecule has 1 aliphatic heterocycles. The Hall–Kier alpha value is -0.380. The Balaban J connectivity index is 2.33. The number of hydrogen-bond donors (Lipinski definition) is 1. The topological polar surface area (TPSA) is 23.3 Å². The lowest BCUT2D eigenvalue weighted by Crippen LogP contribution is -2.22. The van der Waals surface area contributed by atoms with Gasteiger partial charge in [0.05, 0.1) is 0 Å². The summed E-state index contributed by atoms with van der Waals surface area (Å²) in [6.45, 7) is 1.79. The lowest BCUT2D eigenvalue weighted by molar-refractivity contribution is 0.219. The highest BCUT2D eigenvalue weighted by molar-refractivity contribution is 7.78. The zero-order chi connectivity index (χ0) is 6.15. The maximum atomic E-state index is 10.7. The molecule has 0 atom stereocenters. The van der Waals surface area contributed by atoms with Crippen LogP contribution in [0.4, 0.5) is 4.79 Å². The molecule has 1 rings (SSSR count). The molecule has 0 saturated carbocycles. The molecule has 2 amide bonds. The molecule has 0 bridgehead atoms. The number of rotatable bonds is 0. The van der Waals surface area contributed by atoms with Crippen LogP contribution >= 0.6 is 12.8 Å². The van der Waals surface area contributed by atoms with Crippen molar-refractivity contribution < 1.29 is 4.79 Å². The van der Waals surface area contributed by atoms with Crippen LogP contribution < -0.4 is 0 Å². The van der Waals surface area contributed by atoms with Crippen LogP contribution in [0.2, 0.25) is 0 Å². The van der Waals surface area contributed by atoms with Crippen molar-refractivity contribution in [2.75, 3.05) is 20.1 Å². The molecule has 0 N–H and O–H groups in total. The van der Waals surface area contributed by atoms with Gasteiger partial charge in [-0.1, -0.05) is 12.8 Å². The first-order valence-electron chi connectivity index (χ1n) is 2.43. The van der Waals surface area contributed by atoms with E-state index in [0.717, 1.165) is 13.1 Å². The highest BCUT2D eigenvalue weighted by atomic mass is 32.1. The fourth-order valence-corrected chi connectivity index (χ4v) is 0.572. The van der Waals surface area contributed by atoms with Gasteiger partial charge in [-0.15, -0.1) is 0 Å². The number of hydrogen-bond acceptors (Lipinski definition) is 2. The summed E-state index contributed by atoms with van der Waals surface area (Å²) in [6.07, 6.45) is 0. The average molecular weight is 132 g/mol. The van der Waals surface area contributed by atoms with E-state index in [1.165, 1.54) is 4.31 Å². The summed E-state index contributed by atoms with van der Waals surface area (Å²) in [7, 11) is 1.63. The van der Waals surface area contributed by atoms with Gasteiger partial charge >= 0.3 is 6.03 Å². The summed E-state index contributed by atoms with van der Waals surface area (Å²) in [6, 6.07) is -0.00617. The van der Waals surface area contributed by atoms with E-state index >= 15 is 0 Å². The van der Waals surface area contributed by atoms with Gasteiger partial charge in [0, 0.05) is 20.1 Å². The Kier molecular flexibility index (Phi) is 1.33. The largest absolute Gasteiger partial charge is 0.329 e. The van der Waals surface area contributed by atoms with Gasteiger partial charge < -0.3 is 4.90 Å². The molecular weight excluding hydrogens is 124 g/mol. The molecule has 1 aliphatic rings. The van der Waals surface area contributed by atoms with Gasteiger partial charge in [0.25, 0.3) is 0 Å². The Bertz CT molecular complexity index is 107.